The Balaban J connectivity index is 1.86. The summed E-state index contributed by atoms with van der Waals surface area (Å²) in [5.74, 6) is -3.40. The first-order chi connectivity index (χ1) is 15.3. The molecular weight excluding hydrogens is 410 g/mol. The van der Waals surface area contributed by atoms with E-state index in [0.717, 1.165) is 16.5 Å². The molecule has 1 aromatic heterocycles. The molecule has 1 N–H and O–H groups in total. The molecule has 2 aromatic carbocycles. The number of methoxy groups -OCH3 is 1. The number of carbonyl (C=O) groups excluding carboxylic acids is 2. The maximum atomic E-state index is 13.0. The Morgan fingerprint density at radius 3 is 2.53 bits per heavy atom. The molecular formula is C25H25NO6. The van der Waals surface area contributed by atoms with Crippen LogP contribution in [0.5, 0.6) is 11.5 Å². The van der Waals surface area contributed by atoms with Crippen LogP contribution in [-0.4, -0.2) is 36.4 Å². The van der Waals surface area contributed by atoms with Crippen molar-refractivity contribution >= 4 is 22.8 Å². The van der Waals surface area contributed by atoms with E-state index in [9.17, 15) is 9.59 Å². The Morgan fingerprint density at radius 2 is 1.84 bits per heavy atom. The SMILES string of the molecule is C=CCOc1ccc([C@H](c2c[nH]c3ccccc23)C2C(=O)OC(C)(C)OC2=O)cc1OC. The van der Waals surface area contributed by atoms with Crippen LogP contribution in [0.15, 0.2) is 61.3 Å². The summed E-state index contributed by atoms with van der Waals surface area (Å²) < 4.78 is 22.1. The maximum Gasteiger partial charge on any atom is 0.324 e. The van der Waals surface area contributed by atoms with Crippen molar-refractivity contribution in [1.82, 2.24) is 4.98 Å². The summed E-state index contributed by atoms with van der Waals surface area (Å²) in [4.78, 5) is 29.3. The van der Waals surface area contributed by atoms with Gasteiger partial charge in [0, 0.05) is 36.9 Å². The van der Waals surface area contributed by atoms with E-state index >= 15 is 0 Å². The van der Waals surface area contributed by atoms with E-state index in [2.05, 4.69) is 11.6 Å². The Kier molecular flexibility index (Phi) is 5.65. The van der Waals surface area contributed by atoms with Crippen molar-refractivity contribution in [2.75, 3.05) is 13.7 Å². The van der Waals surface area contributed by atoms with Crippen LogP contribution in [0.1, 0.15) is 30.9 Å². The highest BCUT2D eigenvalue weighted by atomic mass is 16.7. The number of H-pyrrole nitrogens is 1. The van der Waals surface area contributed by atoms with E-state index in [1.807, 2.05) is 36.5 Å². The number of esters is 2. The molecule has 1 saturated heterocycles. The standard InChI is InChI=1S/C25H25NO6/c1-5-12-30-19-11-10-15(13-20(19)29-4)21(17-14-26-18-9-7-6-8-16(17)18)22-23(27)31-25(2,3)32-24(22)28/h5-11,13-14,21-22,26H,1,12H2,2-4H3/t21-/m1/s1. The molecule has 7 heteroatoms. The van der Waals surface area contributed by atoms with Gasteiger partial charge in [0.1, 0.15) is 6.61 Å². The molecule has 0 spiro atoms. The molecule has 7 nitrogen and oxygen atoms in total. The second-order valence-electron chi connectivity index (χ2n) is 8.00. The number of hydrogen-bond donors (Lipinski definition) is 1. The van der Waals surface area contributed by atoms with Gasteiger partial charge in [-0.3, -0.25) is 9.59 Å². The number of aromatic amines is 1. The molecule has 0 amide bonds. The van der Waals surface area contributed by atoms with Crippen LogP contribution in [0, 0.1) is 5.92 Å². The van der Waals surface area contributed by atoms with Gasteiger partial charge in [0.25, 0.3) is 5.79 Å². The number of rotatable bonds is 7. The number of benzene rings is 2. The predicted molar refractivity (Wildman–Crippen MR) is 119 cm³/mol. The van der Waals surface area contributed by atoms with Gasteiger partial charge in [-0.25, -0.2) is 0 Å². The number of nitrogens with one attached hydrogen (secondary N) is 1. The van der Waals surface area contributed by atoms with E-state index in [0.29, 0.717) is 23.7 Å². The molecule has 1 atom stereocenters. The molecule has 2 heterocycles. The lowest BCUT2D eigenvalue weighted by Gasteiger charge is -2.36. The van der Waals surface area contributed by atoms with Crippen molar-refractivity contribution in [3.05, 3.63) is 72.4 Å². The van der Waals surface area contributed by atoms with Gasteiger partial charge in [0.05, 0.1) is 7.11 Å². The summed E-state index contributed by atoms with van der Waals surface area (Å²) >= 11 is 0. The zero-order valence-corrected chi connectivity index (χ0v) is 18.2. The minimum absolute atomic E-state index is 0.317. The summed E-state index contributed by atoms with van der Waals surface area (Å²) in [5, 5.41) is 0.897. The summed E-state index contributed by atoms with van der Waals surface area (Å²) in [6.45, 7) is 7.05. The highest BCUT2D eigenvalue weighted by molar-refractivity contribution is 5.99. The average Bonchev–Trinajstić information content (AvgIpc) is 3.18. The van der Waals surface area contributed by atoms with Gasteiger partial charge in [-0.1, -0.05) is 36.9 Å². The number of aromatic nitrogens is 1. The Morgan fingerprint density at radius 1 is 1.12 bits per heavy atom. The van der Waals surface area contributed by atoms with Crippen molar-refractivity contribution in [3.8, 4) is 11.5 Å². The van der Waals surface area contributed by atoms with Gasteiger partial charge >= 0.3 is 11.9 Å². The minimum atomic E-state index is -1.31. The Hall–Kier alpha value is -3.74. The fourth-order valence-electron chi connectivity index (χ4n) is 4.05. The number of carbonyl (C=O) groups is 2. The molecule has 1 fully saturated rings. The average molecular weight is 435 g/mol. The topological polar surface area (TPSA) is 86.9 Å². The molecule has 1 aliphatic heterocycles. The number of hydrogen-bond acceptors (Lipinski definition) is 6. The van der Waals surface area contributed by atoms with Crippen LogP contribution in [-0.2, 0) is 19.1 Å². The lowest BCUT2D eigenvalue weighted by molar-refractivity contribution is -0.240. The van der Waals surface area contributed by atoms with Crippen molar-refractivity contribution < 1.29 is 28.5 Å². The van der Waals surface area contributed by atoms with Gasteiger partial charge in [-0.05, 0) is 29.3 Å². The van der Waals surface area contributed by atoms with Crippen LogP contribution in [0.4, 0.5) is 0 Å². The van der Waals surface area contributed by atoms with E-state index < -0.39 is 29.6 Å². The summed E-state index contributed by atoms with van der Waals surface area (Å²) in [6.07, 6.45) is 3.45. The van der Waals surface area contributed by atoms with E-state index in [-0.39, 0.29) is 0 Å². The van der Waals surface area contributed by atoms with Crippen molar-refractivity contribution in [2.24, 2.45) is 5.92 Å². The maximum absolute atomic E-state index is 13.0. The van der Waals surface area contributed by atoms with Gasteiger partial charge < -0.3 is 23.9 Å². The molecule has 0 saturated carbocycles. The Labute approximate surface area is 185 Å². The highest BCUT2D eigenvalue weighted by Crippen LogP contribution is 2.43. The largest absolute Gasteiger partial charge is 0.493 e. The van der Waals surface area contributed by atoms with Gasteiger partial charge in [-0.15, -0.1) is 0 Å². The molecule has 0 unspecified atom stereocenters. The van der Waals surface area contributed by atoms with Crippen molar-refractivity contribution in [3.63, 3.8) is 0 Å². The summed E-state index contributed by atoms with van der Waals surface area (Å²) in [5.41, 5.74) is 2.36. The lowest BCUT2D eigenvalue weighted by atomic mass is 9.80. The number of cyclic esters (lactones) is 2. The third-order valence-electron chi connectivity index (χ3n) is 5.39. The van der Waals surface area contributed by atoms with Crippen LogP contribution >= 0.6 is 0 Å². The van der Waals surface area contributed by atoms with E-state index in [1.54, 1.807) is 18.2 Å². The molecule has 0 radical (unpaired) electrons. The van der Waals surface area contributed by atoms with Crippen molar-refractivity contribution in [2.45, 2.75) is 25.6 Å². The molecule has 32 heavy (non-hydrogen) atoms. The number of para-hydroxylation sites is 1. The van der Waals surface area contributed by atoms with E-state index in [4.69, 9.17) is 18.9 Å². The number of ether oxygens (including phenoxy) is 4. The third-order valence-corrected chi connectivity index (χ3v) is 5.39. The summed E-state index contributed by atoms with van der Waals surface area (Å²) in [7, 11) is 1.53. The molecule has 4 rings (SSSR count). The molecule has 3 aromatic rings. The normalized spacial score (nSPS) is 16.8. The number of fused-ring (bicyclic) bond motifs is 1. The monoisotopic (exact) mass is 435 g/mol. The second-order valence-corrected chi connectivity index (χ2v) is 8.00. The molecule has 166 valence electrons. The van der Waals surface area contributed by atoms with Gasteiger partial charge in [0.15, 0.2) is 17.4 Å². The van der Waals surface area contributed by atoms with Gasteiger partial charge in [0.2, 0.25) is 0 Å². The fraction of sp³-hybridized carbons (Fsp3) is 0.280. The fourth-order valence-corrected chi connectivity index (χ4v) is 4.05. The first kappa shape index (κ1) is 21.5. The lowest BCUT2D eigenvalue weighted by Crippen LogP contribution is -2.48. The first-order valence-corrected chi connectivity index (χ1v) is 10.3. The van der Waals surface area contributed by atoms with Crippen LogP contribution in [0.25, 0.3) is 10.9 Å². The highest BCUT2D eigenvalue weighted by Gasteiger charge is 2.48. The first-order valence-electron chi connectivity index (χ1n) is 10.3. The Bertz CT molecular complexity index is 1160. The minimum Gasteiger partial charge on any atom is -0.493 e. The summed E-state index contributed by atoms with van der Waals surface area (Å²) in [6, 6.07) is 13.0. The quantitative estimate of drug-likeness (QED) is 0.338. The third kappa shape index (κ3) is 3.93. The van der Waals surface area contributed by atoms with Gasteiger partial charge in [-0.2, -0.15) is 0 Å². The van der Waals surface area contributed by atoms with Crippen LogP contribution in [0.2, 0.25) is 0 Å². The van der Waals surface area contributed by atoms with E-state index in [1.165, 1.54) is 21.0 Å². The molecule has 0 bridgehead atoms. The van der Waals surface area contributed by atoms with Crippen LogP contribution < -0.4 is 9.47 Å². The second kappa shape index (κ2) is 8.42. The molecule has 1 aliphatic rings. The smallest absolute Gasteiger partial charge is 0.324 e. The zero-order valence-electron chi connectivity index (χ0n) is 18.2. The van der Waals surface area contributed by atoms with Crippen LogP contribution in [0.3, 0.4) is 0 Å². The predicted octanol–water partition coefficient (Wildman–Crippen LogP) is 4.33. The zero-order chi connectivity index (χ0) is 22.9. The molecule has 0 aliphatic carbocycles. The van der Waals surface area contributed by atoms with Crippen molar-refractivity contribution in [1.29, 1.82) is 0 Å².